The van der Waals surface area contributed by atoms with E-state index < -0.39 is 0 Å². The third kappa shape index (κ3) is 5.36. The lowest BCUT2D eigenvalue weighted by atomic mass is 10.2. The van der Waals surface area contributed by atoms with Gasteiger partial charge in [0.2, 0.25) is 0 Å². The first-order chi connectivity index (χ1) is 4.66. The summed E-state index contributed by atoms with van der Waals surface area (Å²) < 4.78 is 0. The minimum absolute atomic E-state index is 0.982. The fourth-order valence-electron chi connectivity index (χ4n) is 0.529. The Bertz CT molecular complexity index is 159. The molecule has 0 heterocycles. The molecule has 0 unspecified atom stereocenters. The quantitative estimate of drug-likeness (QED) is 0.521. The summed E-state index contributed by atoms with van der Waals surface area (Å²) in [4.78, 5) is 0. The summed E-state index contributed by atoms with van der Waals surface area (Å²) in [5.74, 6) is 0. The zero-order valence-corrected chi connectivity index (χ0v) is 6.85. The predicted molar refractivity (Wildman–Crippen MR) is 47.7 cm³/mol. The average Bonchev–Trinajstić information content (AvgIpc) is 1.87. The van der Waals surface area contributed by atoms with Crippen LogP contribution in [0.15, 0.2) is 36.0 Å². The molecule has 10 heavy (non-hydrogen) atoms. The van der Waals surface area contributed by atoms with Gasteiger partial charge in [-0.2, -0.15) is 0 Å². The zero-order valence-electron chi connectivity index (χ0n) is 6.85. The van der Waals surface area contributed by atoms with Crippen molar-refractivity contribution < 1.29 is 0 Å². The average molecular weight is 135 g/mol. The lowest BCUT2D eigenvalue weighted by Gasteiger charge is -1.91. The van der Waals surface area contributed by atoms with Crippen LogP contribution in [-0.4, -0.2) is 0 Å². The zero-order chi connectivity index (χ0) is 7.98. The van der Waals surface area contributed by atoms with Crippen LogP contribution in [0.2, 0.25) is 0 Å². The van der Waals surface area contributed by atoms with Crippen molar-refractivity contribution >= 4 is 0 Å². The Morgan fingerprint density at radius 1 is 1.40 bits per heavy atom. The van der Waals surface area contributed by atoms with Crippen LogP contribution in [0.3, 0.4) is 0 Å². The molecule has 55 valence electrons. The van der Waals surface area contributed by atoms with E-state index in [2.05, 4.69) is 26.5 Å². The Hall–Kier alpha value is -0.780. The van der Waals surface area contributed by atoms with E-state index in [1.807, 2.05) is 19.1 Å². The number of rotatable bonds is 3. The fourth-order valence-corrected chi connectivity index (χ4v) is 0.529. The standard InChI is InChI=1S/C10H15/c1-5-10(4)8-6-7-9(2)3/h5-7H,1-2,8H2,3-4H3. The molecule has 0 N–H and O–H groups in total. The van der Waals surface area contributed by atoms with Gasteiger partial charge in [0.05, 0.1) is 0 Å². The van der Waals surface area contributed by atoms with Crippen LogP contribution < -0.4 is 0 Å². The number of hydrogen-bond acceptors (Lipinski definition) is 0. The second kappa shape index (κ2) is 5.04. The van der Waals surface area contributed by atoms with E-state index in [0.29, 0.717) is 0 Å². The summed E-state index contributed by atoms with van der Waals surface area (Å²) in [6.07, 6.45) is 6.98. The van der Waals surface area contributed by atoms with Crippen LogP contribution in [0.4, 0.5) is 0 Å². The molecule has 0 aromatic carbocycles. The maximum atomic E-state index is 3.76. The number of hydrogen-bond donors (Lipinski definition) is 0. The Balaban J connectivity index is 3.64. The molecule has 0 aromatic heterocycles. The first-order valence-electron chi connectivity index (χ1n) is 3.43. The molecule has 1 radical (unpaired) electrons. The minimum atomic E-state index is 0.982. The van der Waals surface area contributed by atoms with Gasteiger partial charge >= 0.3 is 0 Å². The molecule has 0 nitrogen and oxygen atoms in total. The molecule has 0 fully saturated rings. The second-order valence-corrected chi connectivity index (χ2v) is 2.50. The largest absolute Gasteiger partial charge is 0.0961 e. The summed E-state index contributed by atoms with van der Waals surface area (Å²) >= 11 is 0. The van der Waals surface area contributed by atoms with Crippen molar-refractivity contribution in [2.75, 3.05) is 0 Å². The Morgan fingerprint density at radius 2 is 2.00 bits per heavy atom. The third-order valence-electron chi connectivity index (χ3n) is 1.19. The van der Waals surface area contributed by atoms with E-state index in [9.17, 15) is 0 Å². The molecule has 0 bridgehead atoms. The molecular formula is C10H15. The van der Waals surface area contributed by atoms with E-state index in [4.69, 9.17) is 0 Å². The van der Waals surface area contributed by atoms with Crippen LogP contribution in [-0.2, 0) is 0 Å². The van der Waals surface area contributed by atoms with Crippen molar-refractivity contribution in [3.63, 3.8) is 0 Å². The Kier molecular flexibility index (Phi) is 4.65. The van der Waals surface area contributed by atoms with E-state index >= 15 is 0 Å². The van der Waals surface area contributed by atoms with Gasteiger partial charge in [0.25, 0.3) is 0 Å². The SMILES string of the molecule is [CH2]C=C(C)CC=CC(=C)C. The van der Waals surface area contributed by atoms with Crippen molar-refractivity contribution in [1.29, 1.82) is 0 Å². The first-order valence-corrected chi connectivity index (χ1v) is 3.43. The summed E-state index contributed by atoms with van der Waals surface area (Å²) in [7, 11) is 0. The fraction of sp³-hybridized carbons (Fsp3) is 0.300. The summed E-state index contributed by atoms with van der Waals surface area (Å²) in [5.41, 5.74) is 2.38. The van der Waals surface area contributed by atoms with Gasteiger partial charge in [-0.3, -0.25) is 0 Å². The van der Waals surface area contributed by atoms with Crippen LogP contribution in [0.5, 0.6) is 0 Å². The van der Waals surface area contributed by atoms with E-state index in [-0.39, 0.29) is 0 Å². The van der Waals surface area contributed by atoms with E-state index in [0.717, 1.165) is 12.0 Å². The molecule has 0 spiro atoms. The molecule has 0 amide bonds. The summed E-state index contributed by atoms with van der Waals surface area (Å²) in [6.45, 7) is 11.5. The van der Waals surface area contributed by atoms with Gasteiger partial charge in [-0.05, 0) is 27.2 Å². The van der Waals surface area contributed by atoms with Crippen LogP contribution >= 0.6 is 0 Å². The van der Waals surface area contributed by atoms with Gasteiger partial charge in [0, 0.05) is 0 Å². The summed E-state index contributed by atoms with van der Waals surface area (Å²) in [6, 6.07) is 0. The molecule has 0 saturated heterocycles. The summed E-state index contributed by atoms with van der Waals surface area (Å²) in [5, 5.41) is 0. The normalized spacial score (nSPS) is 12.5. The molecule has 0 aromatic rings. The first kappa shape index (κ1) is 9.22. The van der Waals surface area contributed by atoms with E-state index in [1.165, 1.54) is 5.57 Å². The monoisotopic (exact) mass is 135 g/mol. The van der Waals surface area contributed by atoms with Gasteiger partial charge in [-0.15, -0.1) is 0 Å². The maximum absolute atomic E-state index is 3.76. The Labute approximate surface area is 64.0 Å². The molecule has 0 atom stereocenters. The molecule has 0 aliphatic carbocycles. The van der Waals surface area contributed by atoms with Crippen molar-refractivity contribution in [2.24, 2.45) is 0 Å². The highest BCUT2D eigenvalue weighted by atomic mass is 13.9. The highest BCUT2D eigenvalue weighted by Gasteiger charge is 1.80. The lowest BCUT2D eigenvalue weighted by molar-refractivity contribution is 1.21. The van der Waals surface area contributed by atoms with E-state index in [1.54, 1.807) is 0 Å². The smallest absolute Gasteiger partial charge is 0.0138 e. The lowest BCUT2D eigenvalue weighted by Crippen LogP contribution is -1.70. The molecule has 0 aliphatic heterocycles. The maximum Gasteiger partial charge on any atom is -0.0138 e. The van der Waals surface area contributed by atoms with Gasteiger partial charge < -0.3 is 0 Å². The molecule has 0 saturated carbocycles. The topological polar surface area (TPSA) is 0 Å². The Morgan fingerprint density at radius 3 is 2.40 bits per heavy atom. The highest BCUT2D eigenvalue weighted by molar-refractivity contribution is 5.14. The highest BCUT2D eigenvalue weighted by Crippen LogP contribution is 2.01. The third-order valence-corrected chi connectivity index (χ3v) is 1.19. The van der Waals surface area contributed by atoms with Gasteiger partial charge in [-0.25, -0.2) is 0 Å². The predicted octanol–water partition coefficient (Wildman–Crippen LogP) is 3.29. The second-order valence-electron chi connectivity index (χ2n) is 2.50. The van der Waals surface area contributed by atoms with Gasteiger partial charge in [0.15, 0.2) is 0 Å². The van der Waals surface area contributed by atoms with Gasteiger partial charge in [-0.1, -0.05) is 36.0 Å². The minimum Gasteiger partial charge on any atom is -0.0961 e. The number of allylic oxidation sites excluding steroid dienone is 5. The van der Waals surface area contributed by atoms with Crippen LogP contribution in [0.25, 0.3) is 0 Å². The van der Waals surface area contributed by atoms with Crippen LogP contribution in [0.1, 0.15) is 20.3 Å². The van der Waals surface area contributed by atoms with Crippen LogP contribution in [0, 0.1) is 6.92 Å². The molecule has 0 aliphatic rings. The van der Waals surface area contributed by atoms with Gasteiger partial charge in [0.1, 0.15) is 0 Å². The van der Waals surface area contributed by atoms with Crippen molar-refractivity contribution in [1.82, 2.24) is 0 Å². The van der Waals surface area contributed by atoms with Crippen molar-refractivity contribution in [3.05, 3.63) is 42.9 Å². The molecular weight excluding hydrogens is 120 g/mol. The molecule has 0 rings (SSSR count). The molecule has 0 heteroatoms. The van der Waals surface area contributed by atoms with Crippen molar-refractivity contribution in [3.8, 4) is 0 Å². The van der Waals surface area contributed by atoms with Crippen molar-refractivity contribution in [2.45, 2.75) is 20.3 Å².